The molecule has 0 spiro atoms. The second kappa shape index (κ2) is 9.87. The molecule has 7 nitrogen and oxygen atoms in total. The molecule has 35 heavy (non-hydrogen) atoms. The lowest BCUT2D eigenvalue weighted by Gasteiger charge is -2.21. The van der Waals surface area contributed by atoms with Crippen LogP contribution in [-0.4, -0.2) is 26.8 Å². The SMILES string of the molecule is O=C(Nc1cccc2c1C(=O)N(Cc1cccc(CNc3ccccn3)c1)C2O)c1ccc(Cl)s1. The second-order valence-corrected chi connectivity index (χ2v) is 9.74. The Morgan fingerprint density at radius 2 is 1.89 bits per heavy atom. The van der Waals surface area contributed by atoms with Crippen molar-refractivity contribution in [1.82, 2.24) is 9.88 Å². The zero-order valence-electron chi connectivity index (χ0n) is 18.4. The third-order valence-corrected chi connectivity index (χ3v) is 6.90. The predicted octanol–water partition coefficient (Wildman–Crippen LogP) is 5.31. The van der Waals surface area contributed by atoms with Gasteiger partial charge in [0.05, 0.1) is 20.5 Å². The molecule has 3 N–H and O–H groups in total. The average Bonchev–Trinajstić information content (AvgIpc) is 3.41. The molecule has 9 heteroatoms. The highest BCUT2D eigenvalue weighted by Gasteiger charge is 2.37. The molecular weight excluding hydrogens is 484 g/mol. The average molecular weight is 505 g/mol. The molecule has 2 aromatic carbocycles. The van der Waals surface area contributed by atoms with Gasteiger partial charge in [-0.1, -0.05) is 54.1 Å². The Morgan fingerprint density at radius 3 is 2.66 bits per heavy atom. The topological polar surface area (TPSA) is 94.6 Å². The number of carbonyl (C=O) groups excluding carboxylic acids is 2. The number of aromatic nitrogens is 1. The number of rotatable bonds is 7. The van der Waals surface area contributed by atoms with Crippen molar-refractivity contribution in [2.45, 2.75) is 19.3 Å². The van der Waals surface area contributed by atoms with Crippen molar-refractivity contribution in [1.29, 1.82) is 0 Å². The zero-order valence-corrected chi connectivity index (χ0v) is 20.0. The van der Waals surface area contributed by atoms with Crippen LogP contribution in [0.25, 0.3) is 0 Å². The molecule has 3 heterocycles. The fraction of sp³-hybridized carbons (Fsp3) is 0.115. The minimum absolute atomic E-state index is 0.222. The van der Waals surface area contributed by atoms with Gasteiger partial charge < -0.3 is 20.6 Å². The van der Waals surface area contributed by atoms with Crippen LogP contribution in [0.2, 0.25) is 4.34 Å². The number of aliphatic hydroxyl groups is 1. The fourth-order valence-corrected chi connectivity index (χ4v) is 4.96. The number of carbonyl (C=O) groups is 2. The highest BCUT2D eigenvalue weighted by Crippen LogP contribution is 2.37. The van der Waals surface area contributed by atoms with Crippen LogP contribution in [0.15, 0.2) is 79.0 Å². The summed E-state index contributed by atoms with van der Waals surface area (Å²) < 4.78 is 0.503. The van der Waals surface area contributed by atoms with Crippen LogP contribution < -0.4 is 10.6 Å². The van der Waals surface area contributed by atoms with E-state index in [1.165, 1.54) is 4.90 Å². The van der Waals surface area contributed by atoms with Crippen LogP contribution in [0.3, 0.4) is 0 Å². The third-order valence-electron chi connectivity index (χ3n) is 5.67. The first-order chi connectivity index (χ1) is 17.0. The van der Waals surface area contributed by atoms with E-state index in [9.17, 15) is 14.7 Å². The molecule has 2 aromatic heterocycles. The minimum atomic E-state index is -1.11. The van der Waals surface area contributed by atoms with Crippen molar-refractivity contribution < 1.29 is 14.7 Å². The Morgan fingerprint density at radius 1 is 1.06 bits per heavy atom. The molecule has 5 rings (SSSR count). The Hall–Kier alpha value is -3.72. The van der Waals surface area contributed by atoms with Gasteiger partial charge in [0.15, 0.2) is 6.23 Å². The minimum Gasteiger partial charge on any atom is -0.369 e. The molecule has 0 bridgehead atoms. The molecule has 0 aliphatic carbocycles. The van der Waals surface area contributed by atoms with Crippen LogP contribution in [0.4, 0.5) is 11.5 Å². The lowest BCUT2D eigenvalue weighted by molar-refractivity contribution is 0.0137. The number of hydrogen-bond donors (Lipinski definition) is 3. The summed E-state index contributed by atoms with van der Waals surface area (Å²) in [6.45, 7) is 0.796. The Bertz CT molecular complexity index is 1390. The zero-order chi connectivity index (χ0) is 24.4. The van der Waals surface area contributed by atoms with Gasteiger partial charge in [0.2, 0.25) is 0 Å². The molecule has 176 valence electrons. The quantitative estimate of drug-likeness (QED) is 0.317. The molecule has 1 unspecified atom stereocenters. The number of benzene rings is 2. The van der Waals surface area contributed by atoms with E-state index in [1.54, 1.807) is 36.5 Å². The molecule has 0 saturated heterocycles. The van der Waals surface area contributed by atoms with Gasteiger partial charge in [-0.3, -0.25) is 9.59 Å². The van der Waals surface area contributed by atoms with Crippen molar-refractivity contribution in [3.63, 3.8) is 0 Å². The second-order valence-electron chi connectivity index (χ2n) is 8.02. The van der Waals surface area contributed by atoms with Gasteiger partial charge in [-0.05, 0) is 41.5 Å². The highest BCUT2D eigenvalue weighted by atomic mass is 35.5. The summed E-state index contributed by atoms with van der Waals surface area (Å²) in [5.41, 5.74) is 3.02. The van der Waals surface area contributed by atoms with Gasteiger partial charge in [-0.25, -0.2) is 4.98 Å². The Kier molecular flexibility index (Phi) is 6.50. The van der Waals surface area contributed by atoms with Crippen molar-refractivity contribution in [2.24, 2.45) is 0 Å². The van der Waals surface area contributed by atoms with Crippen LogP contribution in [-0.2, 0) is 13.1 Å². The van der Waals surface area contributed by atoms with E-state index in [2.05, 4.69) is 15.6 Å². The third kappa shape index (κ3) is 4.90. The van der Waals surface area contributed by atoms with Gasteiger partial charge in [0, 0.05) is 24.8 Å². The van der Waals surface area contributed by atoms with Crippen molar-refractivity contribution in [3.05, 3.63) is 110 Å². The highest BCUT2D eigenvalue weighted by molar-refractivity contribution is 7.18. The predicted molar refractivity (Wildman–Crippen MR) is 137 cm³/mol. The van der Waals surface area contributed by atoms with Gasteiger partial charge in [-0.15, -0.1) is 11.3 Å². The largest absolute Gasteiger partial charge is 0.369 e. The number of aliphatic hydroxyl groups excluding tert-OH is 1. The van der Waals surface area contributed by atoms with Gasteiger partial charge in [0.25, 0.3) is 11.8 Å². The maximum absolute atomic E-state index is 13.3. The normalized spacial score (nSPS) is 14.6. The summed E-state index contributed by atoms with van der Waals surface area (Å²) in [6.07, 6.45) is 0.615. The van der Waals surface area contributed by atoms with E-state index in [0.717, 1.165) is 28.3 Å². The number of nitrogens with zero attached hydrogens (tertiary/aromatic N) is 2. The van der Waals surface area contributed by atoms with Crippen LogP contribution in [0.1, 0.15) is 42.9 Å². The number of fused-ring (bicyclic) bond motifs is 1. The van der Waals surface area contributed by atoms with Crippen LogP contribution in [0.5, 0.6) is 0 Å². The van der Waals surface area contributed by atoms with E-state index >= 15 is 0 Å². The summed E-state index contributed by atoms with van der Waals surface area (Å²) in [4.78, 5) is 32.0. The summed E-state index contributed by atoms with van der Waals surface area (Å²) in [5, 5.41) is 17.0. The van der Waals surface area contributed by atoms with Crippen molar-refractivity contribution in [2.75, 3.05) is 10.6 Å². The lowest BCUT2D eigenvalue weighted by atomic mass is 10.1. The molecule has 1 atom stereocenters. The van der Waals surface area contributed by atoms with E-state index in [1.807, 2.05) is 42.5 Å². The summed E-state index contributed by atoms with van der Waals surface area (Å²) in [6, 6.07) is 21.8. The number of nitrogens with one attached hydrogen (secondary N) is 2. The van der Waals surface area contributed by atoms with E-state index in [0.29, 0.717) is 32.6 Å². The van der Waals surface area contributed by atoms with Crippen molar-refractivity contribution in [3.8, 4) is 0 Å². The number of anilines is 2. The lowest BCUT2D eigenvalue weighted by Crippen LogP contribution is -2.27. The molecule has 4 aromatic rings. The van der Waals surface area contributed by atoms with E-state index < -0.39 is 6.23 Å². The van der Waals surface area contributed by atoms with Crippen LogP contribution in [0, 0.1) is 0 Å². The summed E-state index contributed by atoms with van der Waals surface area (Å²) >= 11 is 7.09. The van der Waals surface area contributed by atoms with Crippen LogP contribution >= 0.6 is 22.9 Å². The molecule has 0 saturated carbocycles. The Labute approximate surface area is 211 Å². The smallest absolute Gasteiger partial charge is 0.265 e. The van der Waals surface area contributed by atoms with E-state index in [4.69, 9.17) is 11.6 Å². The number of thiophene rings is 1. The molecular formula is C26H21ClN4O3S. The van der Waals surface area contributed by atoms with Gasteiger partial charge in [0.1, 0.15) is 5.82 Å². The molecule has 0 radical (unpaired) electrons. The first-order valence-corrected chi connectivity index (χ1v) is 12.1. The molecule has 0 fully saturated rings. The van der Waals surface area contributed by atoms with Crippen molar-refractivity contribution >= 4 is 46.3 Å². The number of pyridine rings is 1. The number of hydrogen-bond acceptors (Lipinski definition) is 6. The fourth-order valence-electron chi connectivity index (χ4n) is 4.02. The monoisotopic (exact) mass is 504 g/mol. The summed E-state index contributed by atoms with van der Waals surface area (Å²) in [7, 11) is 0. The maximum Gasteiger partial charge on any atom is 0.265 e. The molecule has 1 aliphatic rings. The summed E-state index contributed by atoms with van der Waals surface area (Å²) in [5.74, 6) is 0.0756. The van der Waals surface area contributed by atoms with Gasteiger partial charge >= 0.3 is 0 Å². The number of amides is 2. The van der Waals surface area contributed by atoms with E-state index in [-0.39, 0.29) is 18.4 Å². The first kappa shape index (κ1) is 23.0. The standard InChI is InChI=1S/C26H21ClN4O3S/c27-21-11-10-20(35-21)24(32)30-19-8-4-7-18-23(19)26(34)31(25(18)33)15-17-6-3-5-16(13-17)14-29-22-9-1-2-12-28-22/h1-13,25,33H,14-15H2,(H,28,29)(H,30,32). The molecule has 2 amide bonds. The Balaban J connectivity index is 1.32. The first-order valence-electron chi connectivity index (χ1n) is 10.9. The molecule has 1 aliphatic heterocycles. The number of halogens is 1. The maximum atomic E-state index is 13.3. The van der Waals surface area contributed by atoms with Gasteiger partial charge in [-0.2, -0.15) is 0 Å².